The third-order valence-electron chi connectivity index (χ3n) is 3.37. The summed E-state index contributed by atoms with van der Waals surface area (Å²) in [5.74, 6) is -0.973. The van der Waals surface area contributed by atoms with Crippen molar-refractivity contribution in [2.24, 2.45) is 0 Å². The van der Waals surface area contributed by atoms with E-state index in [4.69, 9.17) is 0 Å². The summed E-state index contributed by atoms with van der Waals surface area (Å²) in [4.78, 5) is 41.2. The van der Waals surface area contributed by atoms with Gasteiger partial charge >= 0.3 is 0 Å². The largest absolute Gasteiger partial charge is 0.550 e. The number of rotatable bonds is 8. The predicted octanol–water partition coefficient (Wildman–Crippen LogP) is 0.0752. The minimum Gasteiger partial charge on any atom is -0.550 e. The highest BCUT2D eigenvalue weighted by atomic mass is 16.4. The van der Waals surface area contributed by atoms with Crippen LogP contribution in [-0.2, 0) is 16.0 Å². The van der Waals surface area contributed by atoms with Gasteiger partial charge in [0.05, 0.1) is 5.69 Å². The number of aliphatic carboxylic acids is 1. The van der Waals surface area contributed by atoms with E-state index in [1.165, 1.54) is 10.7 Å². The second kappa shape index (κ2) is 8.22. The molecule has 2 rings (SSSR count). The number of aromatic nitrogens is 4. The number of nitrogens with one attached hydrogen (secondary N) is 2. The van der Waals surface area contributed by atoms with E-state index >= 15 is 0 Å². The minimum atomic E-state index is -1.19. The first-order valence-corrected chi connectivity index (χ1v) is 8.06. The van der Waals surface area contributed by atoms with E-state index in [1.54, 1.807) is 13.0 Å². The highest BCUT2D eigenvalue weighted by Gasteiger charge is 2.13. The maximum atomic E-state index is 12.0. The summed E-state index contributed by atoms with van der Waals surface area (Å²) in [6.45, 7) is 3.73. The van der Waals surface area contributed by atoms with Gasteiger partial charge in [0.2, 0.25) is 11.9 Å². The molecule has 0 atom stereocenters. The van der Waals surface area contributed by atoms with Crippen molar-refractivity contribution >= 4 is 17.7 Å². The summed E-state index contributed by atoms with van der Waals surface area (Å²) >= 11 is 0. The Balaban J connectivity index is 2.22. The molecule has 0 saturated carbocycles. The summed E-state index contributed by atoms with van der Waals surface area (Å²) in [7, 11) is 0. The summed E-state index contributed by atoms with van der Waals surface area (Å²) in [5, 5.41) is 17.3. The number of anilines is 1. The molecule has 2 aromatic heterocycles. The van der Waals surface area contributed by atoms with Crippen LogP contribution in [-0.4, -0.2) is 31.6 Å². The van der Waals surface area contributed by atoms with Gasteiger partial charge in [-0.25, -0.2) is 4.98 Å². The lowest BCUT2D eigenvalue weighted by Crippen LogP contribution is -2.23. The molecule has 0 fully saturated rings. The normalized spacial score (nSPS) is 10.6. The zero-order valence-corrected chi connectivity index (χ0v) is 14.2. The van der Waals surface area contributed by atoms with Crippen molar-refractivity contribution in [1.82, 2.24) is 19.7 Å². The SMILES string of the molecule is CCCc1cc(=O)[nH]c(-n2nc(C)cc2NC(=O)CCCC(=O)[O-])n1. The van der Waals surface area contributed by atoms with Crippen LogP contribution in [0.3, 0.4) is 0 Å². The lowest BCUT2D eigenvalue weighted by molar-refractivity contribution is -0.305. The highest BCUT2D eigenvalue weighted by molar-refractivity contribution is 5.90. The molecule has 0 aliphatic rings. The summed E-state index contributed by atoms with van der Waals surface area (Å²) < 4.78 is 1.35. The average Bonchev–Trinajstić information content (AvgIpc) is 2.87. The molecule has 0 radical (unpaired) electrons. The molecule has 2 N–H and O–H groups in total. The van der Waals surface area contributed by atoms with Crippen molar-refractivity contribution in [3.05, 3.63) is 33.9 Å². The zero-order chi connectivity index (χ0) is 18.4. The van der Waals surface area contributed by atoms with Crippen LogP contribution in [0, 0.1) is 6.92 Å². The van der Waals surface area contributed by atoms with Crippen molar-refractivity contribution in [3.63, 3.8) is 0 Å². The van der Waals surface area contributed by atoms with Crippen LogP contribution in [0.1, 0.15) is 44.0 Å². The highest BCUT2D eigenvalue weighted by Crippen LogP contribution is 2.15. The van der Waals surface area contributed by atoms with Crippen molar-refractivity contribution in [2.75, 3.05) is 5.32 Å². The molecule has 2 aromatic rings. The lowest BCUT2D eigenvalue weighted by Gasteiger charge is -2.09. The van der Waals surface area contributed by atoms with Crippen molar-refractivity contribution in [1.29, 1.82) is 0 Å². The molecule has 0 aliphatic carbocycles. The Morgan fingerprint density at radius 3 is 2.76 bits per heavy atom. The average molecular weight is 346 g/mol. The van der Waals surface area contributed by atoms with Crippen molar-refractivity contribution < 1.29 is 14.7 Å². The van der Waals surface area contributed by atoms with Crippen LogP contribution in [0.15, 0.2) is 16.9 Å². The molecule has 0 aromatic carbocycles. The minimum absolute atomic E-state index is 0.0397. The first-order chi connectivity index (χ1) is 11.9. The Labute approximate surface area is 144 Å². The Hall–Kier alpha value is -2.97. The van der Waals surface area contributed by atoms with Crippen LogP contribution in [0.5, 0.6) is 0 Å². The number of H-pyrrole nitrogens is 1. The van der Waals surface area contributed by atoms with E-state index < -0.39 is 5.97 Å². The van der Waals surface area contributed by atoms with Gasteiger partial charge in [-0.15, -0.1) is 0 Å². The van der Waals surface area contributed by atoms with Gasteiger partial charge in [0.15, 0.2) is 0 Å². The molecule has 9 nitrogen and oxygen atoms in total. The molecule has 0 saturated heterocycles. The summed E-state index contributed by atoms with van der Waals surface area (Å²) in [6, 6.07) is 3.07. The standard InChI is InChI=1S/C16H21N5O4/c1-3-5-11-9-14(23)19-16(17-11)21-12(8-10(2)20-21)18-13(22)6-4-7-15(24)25/h8-9H,3-7H2,1-2H3,(H,18,22)(H,24,25)(H,17,19,23)/p-1. The number of aromatic amines is 1. The molecule has 0 unspecified atom stereocenters. The number of carboxylic acids is 1. The zero-order valence-electron chi connectivity index (χ0n) is 14.2. The molecular formula is C16H20N5O4-. The Bertz CT molecular complexity index is 824. The van der Waals surface area contributed by atoms with Gasteiger partial charge < -0.3 is 15.2 Å². The fraction of sp³-hybridized carbons (Fsp3) is 0.438. The van der Waals surface area contributed by atoms with E-state index in [0.29, 0.717) is 23.6 Å². The van der Waals surface area contributed by atoms with E-state index in [-0.39, 0.29) is 36.7 Å². The van der Waals surface area contributed by atoms with Gasteiger partial charge in [-0.2, -0.15) is 9.78 Å². The summed E-state index contributed by atoms with van der Waals surface area (Å²) in [5.41, 5.74) is 0.974. The number of carbonyl (C=O) groups excluding carboxylic acids is 2. The quantitative estimate of drug-likeness (QED) is 0.695. The summed E-state index contributed by atoms with van der Waals surface area (Å²) in [6.07, 6.45) is 1.54. The second-order valence-corrected chi connectivity index (χ2v) is 5.67. The first kappa shape index (κ1) is 18.4. The molecule has 0 spiro atoms. The van der Waals surface area contributed by atoms with Gasteiger partial charge in [-0.05, 0) is 26.2 Å². The second-order valence-electron chi connectivity index (χ2n) is 5.67. The van der Waals surface area contributed by atoms with Crippen molar-refractivity contribution in [2.45, 2.75) is 46.0 Å². The van der Waals surface area contributed by atoms with Crippen LogP contribution in [0.2, 0.25) is 0 Å². The predicted molar refractivity (Wildman–Crippen MR) is 88.2 cm³/mol. The Morgan fingerprint density at radius 2 is 2.08 bits per heavy atom. The maximum Gasteiger partial charge on any atom is 0.252 e. The molecule has 0 aliphatic heterocycles. The maximum absolute atomic E-state index is 12.0. The monoisotopic (exact) mass is 346 g/mol. The third-order valence-corrected chi connectivity index (χ3v) is 3.37. The Kier molecular flexibility index (Phi) is 6.04. The lowest BCUT2D eigenvalue weighted by atomic mass is 10.2. The molecule has 25 heavy (non-hydrogen) atoms. The van der Waals surface area contributed by atoms with Crippen LogP contribution in [0.4, 0.5) is 5.82 Å². The number of hydrogen-bond acceptors (Lipinski definition) is 6. The topological polar surface area (TPSA) is 133 Å². The number of aryl methyl sites for hydroxylation is 2. The van der Waals surface area contributed by atoms with Gasteiger partial charge in [-0.1, -0.05) is 13.3 Å². The van der Waals surface area contributed by atoms with Crippen LogP contribution >= 0.6 is 0 Å². The number of carbonyl (C=O) groups is 2. The van der Waals surface area contributed by atoms with Gasteiger partial charge in [0, 0.05) is 30.2 Å². The molecular weight excluding hydrogens is 326 g/mol. The fourth-order valence-electron chi connectivity index (χ4n) is 2.33. The van der Waals surface area contributed by atoms with Crippen molar-refractivity contribution in [3.8, 4) is 5.95 Å². The van der Waals surface area contributed by atoms with Crippen LogP contribution in [0.25, 0.3) is 5.95 Å². The Morgan fingerprint density at radius 1 is 1.32 bits per heavy atom. The fourth-order valence-corrected chi connectivity index (χ4v) is 2.33. The molecule has 2 heterocycles. The number of amides is 1. The first-order valence-electron chi connectivity index (χ1n) is 8.06. The van der Waals surface area contributed by atoms with E-state index in [0.717, 1.165) is 6.42 Å². The van der Waals surface area contributed by atoms with E-state index in [9.17, 15) is 19.5 Å². The molecule has 134 valence electrons. The van der Waals surface area contributed by atoms with Crippen LogP contribution < -0.4 is 16.0 Å². The number of nitrogens with zero attached hydrogens (tertiary/aromatic N) is 3. The molecule has 0 bridgehead atoms. The third kappa shape index (κ3) is 5.27. The molecule has 9 heteroatoms. The molecule has 1 amide bonds. The van der Waals surface area contributed by atoms with E-state index in [2.05, 4.69) is 20.4 Å². The number of carboxylic acid groups (broad SMARTS) is 1. The number of hydrogen-bond donors (Lipinski definition) is 2. The smallest absolute Gasteiger partial charge is 0.252 e. The van der Waals surface area contributed by atoms with E-state index in [1.807, 2.05) is 6.92 Å². The van der Waals surface area contributed by atoms with Gasteiger partial charge in [-0.3, -0.25) is 14.6 Å². The van der Waals surface area contributed by atoms with Gasteiger partial charge in [0.25, 0.3) is 5.56 Å². The van der Waals surface area contributed by atoms with Gasteiger partial charge in [0.1, 0.15) is 5.82 Å².